The maximum absolute atomic E-state index is 5.17. The van der Waals surface area contributed by atoms with Crippen molar-refractivity contribution in [3.8, 4) is 11.4 Å². The summed E-state index contributed by atoms with van der Waals surface area (Å²) in [6, 6.07) is 13.2. The summed E-state index contributed by atoms with van der Waals surface area (Å²) in [5, 5.41) is 1.70. The highest BCUT2D eigenvalue weighted by Crippen LogP contribution is 2.68. The Morgan fingerprint density at radius 3 is 1.21 bits per heavy atom. The molecule has 4 rings (SSSR count). The van der Waals surface area contributed by atoms with Crippen LogP contribution < -0.4 is 0 Å². The van der Waals surface area contributed by atoms with Crippen molar-refractivity contribution in [2.24, 2.45) is 0 Å². The van der Waals surface area contributed by atoms with E-state index in [0.29, 0.717) is 20.6 Å². The molecular formula is C30H46N2P2. The molecule has 0 aromatic carbocycles. The monoisotopic (exact) mass is 496 g/mol. The molecule has 0 amide bonds. The van der Waals surface area contributed by atoms with E-state index in [1.54, 1.807) is 0 Å². The molecule has 34 heavy (non-hydrogen) atoms. The highest BCUT2D eigenvalue weighted by Gasteiger charge is 2.44. The SMILES string of the molecule is CC1(C)CCCC(C)(C)P1Cc1cccc(-c2cccc(CP3C(C)(C)CCCC3(C)C)n2)n1. The fourth-order valence-electron chi connectivity index (χ4n) is 6.69. The molecule has 186 valence electrons. The number of hydrogen-bond acceptors (Lipinski definition) is 2. The van der Waals surface area contributed by atoms with E-state index in [-0.39, 0.29) is 15.8 Å². The molecule has 2 aliphatic rings. The molecule has 4 heterocycles. The first-order chi connectivity index (χ1) is 15.8. The Balaban J connectivity index is 1.57. The van der Waals surface area contributed by atoms with Crippen molar-refractivity contribution in [2.75, 3.05) is 0 Å². The largest absolute Gasteiger partial charge is 0.251 e. The Morgan fingerprint density at radius 1 is 0.559 bits per heavy atom. The third-order valence-corrected chi connectivity index (χ3v) is 16.6. The molecule has 0 saturated carbocycles. The van der Waals surface area contributed by atoms with Gasteiger partial charge in [0, 0.05) is 23.7 Å². The van der Waals surface area contributed by atoms with Gasteiger partial charge in [0.25, 0.3) is 0 Å². The maximum atomic E-state index is 5.17. The van der Waals surface area contributed by atoms with E-state index in [1.807, 2.05) is 0 Å². The average molecular weight is 497 g/mol. The minimum Gasteiger partial charge on any atom is -0.251 e. The minimum absolute atomic E-state index is 0.136. The molecule has 2 nitrogen and oxygen atoms in total. The van der Waals surface area contributed by atoms with Crippen LogP contribution in [-0.2, 0) is 12.3 Å². The van der Waals surface area contributed by atoms with Crippen LogP contribution in [0.1, 0.15) is 105 Å². The van der Waals surface area contributed by atoms with Gasteiger partial charge in [0.1, 0.15) is 0 Å². The lowest BCUT2D eigenvalue weighted by Gasteiger charge is -2.50. The van der Waals surface area contributed by atoms with Crippen molar-refractivity contribution >= 4 is 15.8 Å². The van der Waals surface area contributed by atoms with E-state index >= 15 is 0 Å². The quantitative estimate of drug-likeness (QED) is 0.385. The number of aromatic nitrogens is 2. The summed E-state index contributed by atoms with van der Waals surface area (Å²) in [4.78, 5) is 10.3. The van der Waals surface area contributed by atoms with Crippen LogP contribution in [0.2, 0.25) is 0 Å². The van der Waals surface area contributed by atoms with E-state index < -0.39 is 0 Å². The fraction of sp³-hybridized carbons (Fsp3) is 0.667. The summed E-state index contributed by atoms with van der Waals surface area (Å²) in [6.45, 7) is 19.9. The van der Waals surface area contributed by atoms with E-state index in [0.717, 1.165) is 23.7 Å². The standard InChI is InChI=1S/C30H46N2P2/c1-27(2)17-11-18-28(3,4)33(27)21-23-13-9-15-25(31-23)26-16-10-14-24(32-26)22-34-29(5,6)19-12-20-30(34,7)8/h9-10,13-16H,11-12,17-22H2,1-8H3. The van der Waals surface area contributed by atoms with E-state index in [9.17, 15) is 0 Å². The van der Waals surface area contributed by atoms with Gasteiger partial charge in [0.2, 0.25) is 0 Å². The summed E-state index contributed by atoms with van der Waals surface area (Å²) < 4.78 is 0. The van der Waals surface area contributed by atoms with Gasteiger partial charge in [0.15, 0.2) is 0 Å². The molecule has 2 saturated heterocycles. The first kappa shape index (κ1) is 26.2. The summed E-state index contributed by atoms with van der Waals surface area (Å²) in [6.07, 6.45) is 10.4. The van der Waals surface area contributed by atoms with Gasteiger partial charge in [-0.1, -0.05) is 96.2 Å². The second kappa shape index (κ2) is 9.56. The van der Waals surface area contributed by atoms with Gasteiger partial charge < -0.3 is 0 Å². The van der Waals surface area contributed by atoms with Crippen molar-refractivity contribution in [1.82, 2.24) is 9.97 Å². The average Bonchev–Trinajstić information content (AvgIpc) is 2.73. The van der Waals surface area contributed by atoms with Crippen LogP contribution in [0.3, 0.4) is 0 Å². The van der Waals surface area contributed by atoms with Crippen LogP contribution in [-0.4, -0.2) is 30.6 Å². The molecule has 0 spiro atoms. The summed E-state index contributed by atoms with van der Waals surface area (Å²) in [5.41, 5.74) is 4.57. The van der Waals surface area contributed by atoms with Crippen LogP contribution in [0.15, 0.2) is 36.4 Å². The van der Waals surface area contributed by atoms with Crippen LogP contribution in [0.5, 0.6) is 0 Å². The molecule has 0 unspecified atom stereocenters. The normalized spacial score (nSPS) is 24.1. The van der Waals surface area contributed by atoms with Crippen molar-refractivity contribution < 1.29 is 0 Å². The van der Waals surface area contributed by atoms with Gasteiger partial charge in [-0.05, 0) is 70.6 Å². The summed E-state index contributed by atoms with van der Waals surface area (Å²) >= 11 is 0. The summed E-state index contributed by atoms with van der Waals surface area (Å²) in [5.74, 6) is 0. The molecule has 0 aliphatic carbocycles. The molecule has 0 bridgehead atoms. The first-order valence-electron chi connectivity index (χ1n) is 13.3. The van der Waals surface area contributed by atoms with Crippen LogP contribution in [0.4, 0.5) is 0 Å². The predicted molar refractivity (Wildman–Crippen MR) is 153 cm³/mol. The topological polar surface area (TPSA) is 25.8 Å². The van der Waals surface area contributed by atoms with E-state index in [2.05, 4.69) is 91.8 Å². The second-order valence-electron chi connectivity index (χ2n) is 13.2. The van der Waals surface area contributed by atoms with Gasteiger partial charge >= 0.3 is 0 Å². The fourth-order valence-corrected chi connectivity index (χ4v) is 14.4. The number of nitrogens with zero attached hydrogens (tertiary/aromatic N) is 2. The van der Waals surface area contributed by atoms with Gasteiger partial charge in [-0.2, -0.15) is 0 Å². The molecule has 2 aromatic heterocycles. The number of hydrogen-bond donors (Lipinski definition) is 0. The lowest BCUT2D eigenvalue weighted by molar-refractivity contribution is 0.464. The van der Waals surface area contributed by atoms with Crippen molar-refractivity contribution in [3.05, 3.63) is 47.8 Å². The third-order valence-electron chi connectivity index (χ3n) is 8.59. The van der Waals surface area contributed by atoms with Gasteiger partial charge in [0.05, 0.1) is 11.4 Å². The van der Waals surface area contributed by atoms with Gasteiger partial charge in [-0.3, -0.25) is 9.97 Å². The Kier molecular flexibility index (Phi) is 7.37. The predicted octanol–water partition coefficient (Wildman–Crippen LogP) is 9.59. The van der Waals surface area contributed by atoms with E-state index in [4.69, 9.17) is 9.97 Å². The highest BCUT2D eigenvalue weighted by atomic mass is 31.1. The zero-order chi connectivity index (χ0) is 24.8. The molecular weight excluding hydrogens is 450 g/mol. The molecule has 0 atom stereocenters. The number of rotatable bonds is 5. The molecule has 0 N–H and O–H groups in total. The maximum Gasteiger partial charge on any atom is 0.0889 e. The number of pyridine rings is 2. The van der Waals surface area contributed by atoms with Crippen molar-refractivity contribution in [3.63, 3.8) is 0 Å². The minimum atomic E-state index is -0.136. The molecule has 2 aliphatic heterocycles. The van der Waals surface area contributed by atoms with Gasteiger partial charge in [-0.15, -0.1) is 0 Å². The van der Waals surface area contributed by atoms with Crippen LogP contribution >= 0.6 is 15.8 Å². The molecule has 0 radical (unpaired) electrons. The van der Waals surface area contributed by atoms with Gasteiger partial charge in [-0.25, -0.2) is 0 Å². The Labute approximate surface area is 211 Å². The molecule has 4 heteroatoms. The Bertz CT molecular complexity index is 895. The Hall–Kier alpha value is -0.840. The first-order valence-corrected chi connectivity index (χ1v) is 16.3. The van der Waals surface area contributed by atoms with Crippen molar-refractivity contribution in [1.29, 1.82) is 0 Å². The molecule has 2 aromatic rings. The van der Waals surface area contributed by atoms with Crippen molar-refractivity contribution in [2.45, 2.75) is 127 Å². The van der Waals surface area contributed by atoms with E-state index in [1.165, 1.54) is 49.9 Å². The molecule has 2 fully saturated rings. The van der Waals surface area contributed by atoms with Crippen LogP contribution in [0, 0.1) is 0 Å². The lowest BCUT2D eigenvalue weighted by atomic mass is 9.98. The Morgan fingerprint density at radius 2 is 0.882 bits per heavy atom. The highest BCUT2D eigenvalue weighted by molar-refractivity contribution is 7.60. The smallest absolute Gasteiger partial charge is 0.0889 e. The lowest BCUT2D eigenvalue weighted by Crippen LogP contribution is -2.35. The second-order valence-corrected chi connectivity index (χ2v) is 20.3. The zero-order valence-corrected chi connectivity index (χ0v) is 24.7. The summed E-state index contributed by atoms with van der Waals surface area (Å²) in [7, 11) is -0.272. The van der Waals surface area contributed by atoms with Crippen LogP contribution in [0.25, 0.3) is 11.4 Å². The zero-order valence-electron chi connectivity index (χ0n) is 22.9. The third kappa shape index (κ3) is 5.60.